The summed E-state index contributed by atoms with van der Waals surface area (Å²) in [5, 5.41) is 10.00. The molecule has 2 rings (SSSR count). The van der Waals surface area contributed by atoms with Crippen LogP contribution in [0.5, 0.6) is 0 Å². The molecule has 1 amide bonds. The standard InChI is InChI=1S/C18H24N2O4/c1-18(2,3)24-17(23)20(11-9-16(21)22)10-8-13-12-19-15-7-5-4-6-14(13)15/h4-7,12,19H,8-11H2,1-3H3,(H,21,22). The Morgan fingerprint density at radius 3 is 2.58 bits per heavy atom. The number of hydrogen-bond donors (Lipinski definition) is 2. The Morgan fingerprint density at radius 2 is 1.92 bits per heavy atom. The van der Waals surface area contributed by atoms with E-state index in [0.717, 1.165) is 16.5 Å². The number of nitrogens with one attached hydrogen (secondary N) is 1. The lowest BCUT2D eigenvalue weighted by Crippen LogP contribution is -2.39. The number of para-hydroxylation sites is 1. The molecule has 2 N–H and O–H groups in total. The Morgan fingerprint density at radius 1 is 1.21 bits per heavy atom. The lowest BCUT2D eigenvalue weighted by Gasteiger charge is -2.27. The molecule has 0 fully saturated rings. The van der Waals surface area contributed by atoms with E-state index in [1.165, 1.54) is 4.90 Å². The van der Waals surface area contributed by atoms with E-state index in [2.05, 4.69) is 4.98 Å². The van der Waals surface area contributed by atoms with Crippen LogP contribution in [0.2, 0.25) is 0 Å². The number of aromatic amines is 1. The van der Waals surface area contributed by atoms with Crippen molar-refractivity contribution in [3.05, 3.63) is 36.0 Å². The number of carbonyl (C=O) groups excluding carboxylic acids is 1. The van der Waals surface area contributed by atoms with E-state index < -0.39 is 17.7 Å². The molecule has 0 saturated heterocycles. The highest BCUT2D eigenvalue weighted by Crippen LogP contribution is 2.19. The number of aliphatic carboxylic acids is 1. The number of amides is 1. The molecule has 24 heavy (non-hydrogen) atoms. The van der Waals surface area contributed by atoms with Crippen molar-refractivity contribution in [3.63, 3.8) is 0 Å². The predicted molar refractivity (Wildman–Crippen MR) is 92.1 cm³/mol. The number of nitrogens with zero attached hydrogens (tertiary/aromatic N) is 1. The summed E-state index contributed by atoms with van der Waals surface area (Å²) in [6.07, 6.45) is 1.97. The maximum Gasteiger partial charge on any atom is 0.410 e. The van der Waals surface area contributed by atoms with Gasteiger partial charge in [-0.25, -0.2) is 4.79 Å². The van der Waals surface area contributed by atoms with Gasteiger partial charge >= 0.3 is 12.1 Å². The first-order chi connectivity index (χ1) is 11.3. The predicted octanol–water partition coefficient (Wildman–Crippen LogP) is 3.42. The molecule has 0 atom stereocenters. The van der Waals surface area contributed by atoms with Crippen LogP contribution in [-0.2, 0) is 16.0 Å². The topological polar surface area (TPSA) is 82.6 Å². The zero-order valence-corrected chi connectivity index (χ0v) is 14.3. The minimum Gasteiger partial charge on any atom is -0.481 e. The van der Waals surface area contributed by atoms with Crippen LogP contribution >= 0.6 is 0 Å². The van der Waals surface area contributed by atoms with E-state index in [1.807, 2.05) is 30.5 Å². The molecule has 0 aliphatic carbocycles. The highest BCUT2D eigenvalue weighted by molar-refractivity contribution is 5.83. The van der Waals surface area contributed by atoms with E-state index in [4.69, 9.17) is 9.84 Å². The highest BCUT2D eigenvalue weighted by Gasteiger charge is 2.22. The zero-order valence-electron chi connectivity index (χ0n) is 14.3. The van der Waals surface area contributed by atoms with Gasteiger partial charge in [0.15, 0.2) is 0 Å². The van der Waals surface area contributed by atoms with Gasteiger partial charge in [-0.3, -0.25) is 4.79 Å². The molecule has 1 heterocycles. The first kappa shape index (κ1) is 17.8. The maximum atomic E-state index is 12.3. The van der Waals surface area contributed by atoms with Gasteiger partial charge in [0.2, 0.25) is 0 Å². The monoisotopic (exact) mass is 332 g/mol. The summed E-state index contributed by atoms with van der Waals surface area (Å²) in [5.41, 5.74) is 1.52. The molecule has 0 aliphatic heterocycles. The number of carboxylic acid groups (broad SMARTS) is 1. The molecular weight excluding hydrogens is 308 g/mol. The molecule has 2 aromatic rings. The Hall–Kier alpha value is -2.50. The van der Waals surface area contributed by atoms with E-state index in [1.54, 1.807) is 20.8 Å². The molecule has 0 aliphatic rings. The maximum absolute atomic E-state index is 12.3. The van der Waals surface area contributed by atoms with Crippen molar-refractivity contribution in [2.75, 3.05) is 13.1 Å². The number of ether oxygens (including phenoxy) is 1. The first-order valence-electron chi connectivity index (χ1n) is 8.01. The largest absolute Gasteiger partial charge is 0.481 e. The Kier molecular flexibility index (Phi) is 5.49. The van der Waals surface area contributed by atoms with E-state index >= 15 is 0 Å². The number of benzene rings is 1. The molecule has 6 nitrogen and oxygen atoms in total. The molecule has 1 aromatic carbocycles. The van der Waals surface area contributed by atoms with Crippen LogP contribution in [0.3, 0.4) is 0 Å². The molecule has 0 bridgehead atoms. The van der Waals surface area contributed by atoms with Gasteiger partial charge in [-0.05, 0) is 38.8 Å². The fourth-order valence-corrected chi connectivity index (χ4v) is 2.45. The number of fused-ring (bicyclic) bond motifs is 1. The van der Waals surface area contributed by atoms with Crippen molar-refractivity contribution in [2.24, 2.45) is 0 Å². The van der Waals surface area contributed by atoms with E-state index in [-0.39, 0.29) is 13.0 Å². The molecule has 1 aromatic heterocycles. The van der Waals surface area contributed by atoms with Crippen molar-refractivity contribution in [2.45, 2.75) is 39.2 Å². The van der Waals surface area contributed by atoms with Crippen molar-refractivity contribution < 1.29 is 19.4 Å². The average Bonchev–Trinajstić information content (AvgIpc) is 2.88. The summed E-state index contributed by atoms with van der Waals surface area (Å²) >= 11 is 0. The van der Waals surface area contributed by atoms with E-state index in [0.29, 0.717) is 13.0 Å². The number of H-pyrrole nitrogens is 1. The molecule has 0 spiro atoms. The summed E-state index contributed by atoms with van der Waals surface area (Å²) in [4.78, 5) is 27.8. The molecular formula is C18H24N2O4. The van der Waals surface area contributed by atoms with Gasteiger partial charge in [0, 0.05) is 30.2 Å². The van der Waals surface area contributed by atoms with Gasteiger partial charge in [0.25, 0.3) is 0 Å². The number of hydrogen-bond acceptors (Lipinski definition) is 3. The first-order valence-corrected chi connectivity index (χ1v) is 8.01. The fraction of sp³-hybridized carbons (Fsp3) is 0.444. The Balaban J connectivity index is 2.06. The zero-order chi connectivity index (χ0) is 17.7. The van der Waals surface area contributed by atoms with Crippen LogP contribution in [0.25, 0.3) is 10.9 Å². The van der Waals surface area contributed by atoms with Crippen molar-refractivity contribution in [1.82, 2.24) is 9.88 Å². The Bertz CT molecular complexity index is 715. The van der Waals surface area contributed by atoms with Crippen LogP contribution in [0.1, 0.15) is 32.8 Å². The van der Waals surface area contributed by atoms with Crippen molar-refractivity contribution in [3.8, 4) is 0 Å². The van der Waals surface area contributed by atoms with Gasteiger partial charge < -0.3 is 19.7 Å². The third-order valence-electron chi connectivity index (χ3n) is 3.57. The quantitative estimate of drug-likeness (QED) is 0.849. The summed E-state index contributed by atoms with van der Waals surface area (Å²) in [6, 6.07) is 7.95. The second-order valence-electron chi connectivity index (χ2n) is 6.72. The Labute approximate surface area is 141 Å². The SMILES string of the molecule is CC(C)(C)OC(=O)N(CCC(=O)O)CCc1c[nH]c2ccccc12. The third-order valence-corrected chi connectivity index (χ3v) is 3.57. The molecule has 0 radical (unpaired) electrons. The number of carboxylic acids is 1. The summed E-state index contributed by atoms with van der Waals surface area (Å²) in [7, 11) is 0. The minimum atomic E-state index is -0.935. The molecule has 130 valence electrons. The van der Waals surface area contributed by atoms with Crippen LogP contribution in [0.15, 0.2) is 30.5 Å². The van der Waals surface area contributed by atoms with Gasteiger partial charge in [0.05, 0.1) is 6.42 Å². The summed E-state index contributed by atoms with van der Waals surface area (Å²) in [6.45, 7) is 5.91. The minimum absolute atomic E-state index is 0.104. The summed E-state index contributed by atoms with van der Waals surface area (Å²) < 4.78 is 5.38. The highest BCUT2D eigenvalue weighted by atomic mass is 16.6. The molecule has 0 unspecified atom stereocenters. The van der Waals surface area contributed by atoms with Crippen molar-refractivity contribution >= 4 is 23.0 Å². The van der Waals surface area contributed by atoms with Gasteiger partial charge in [-0.15, -0.1) is 0 Å². The average molecular weight is 332 g/mol. The number of carbonyl (C=O) groups is 2. The van der Waals surface area contributed by atoms with E-state index in [9.17, 15) is 9.59 Å². The van der Waals surface area contributed by atoms with Gasteiger partial charge in [-0.1, -0.05) is 18.2 Å². The number of rotatable bonds is 6. The fourth-order valence-electron chi connectivity index (χ4n) is 2.45. The van der Waals surface area contributed by atoms with Crippen LogP contribution in [-0.4, -0.2) is 45.7 Å². The number of aromatic nitrogens is 1. The second kappa shape index (κ2) is 7.38. The normalized spacial score (nSPS) is 11.5. The smallest absolute Gasteiger partial charge is 0.410 e. The van der Waals surface area contributed by atoms with Crippen LogP contribution < -0.4 is 0 Å². The van der Waals surface area contributed by atoms with Crippen molar-refractivity contribution in [1.29, 1.82) is 0 Å². The molecule has 0 saturated carbocycles. The summed E-state index contributed by atoms with van der Waals surface area (Å²) in [5.74, 6) is -0.935. The van der Waals surface area contributed by atoms with Gasteiger partial charge in [0.1, 0.15) is 5.60 Å². The lowest BCUT2D eigenvalue weighted by molar-refractivity contribution is -0.137. The van der Waals surface area contributed by atoms with Crippen LogP contribution in [0.4, 0.5) is 4.79 Å². The van der Waals surface area contributed by atoms with Gasteiger partial charge in [-0.2, -0.15) is 0 Å². The third kappa shape index (κ3) is 5.01. The second-order valence-corrected chi connectivity index (χ2v) is 6.72. The lowest BCUT2D eigenvalue weighted by atomic mass is 10.1. The van der Waals surface area contributed by atoms with Crippen LogP contribution in [0, 0.1) is 0 Å². The molecule has 6 heteroatoms.